The number of benzene rings is 2. The van der Waals surface area contributed by atoms with Crippen LogP contribution in [0.5, 0.6) is 11.6 Å². The molecule has 1 unspecified atom stereocenters. The predicted octanol–water partition coefficient (Wildman–Crippen LogP) is 3.61. The number of aromatic hydroxyl groups is 1. The molecule has 3 rings (SSSR count). The Kier molecular flexibility index (Phi) is 5.46. The van der Waals surface area contributed by atoms with Crippen molar-refractivity contribution in [3.05, 3.63) is 53.5 Å². The average molecular weight is 385 g/mol. The van der Waals surface area contributed by atoms with E-state index < -0.39 is 12.6 Å². The summed E-state index contributed by atoms with van der Waals surface area (Å²) in [5, 5.41) is 29.6. The Hall–Kier alpha value is -3.19. The topological polar surface area (TPSA) is 99.9 Å². The number of carboxylic acids is 1. The molecule has 0 aliphatic heterocycles. The van der Waals surface area contributed by atoms with E-state index >= 15 is 0 Å². The highest BCUT2D eigenvalue weighted by atomic mass is 19.1. The minimum Gasteiger partial charge on any atom is -0.508 e. The molecular formula is C21H20FNO5. The van der Waals surface area contributed by atoms with E-state index in [9.17, 15) is 19.4 Å². The quantitative estimate of drug-likeness (QED) is 0.599. The van der Waals surface area contributed by atoms with Crippen LogP contribution in [0.2, 0.25) is 0 Å². The van der Waals surface area contributed by atoms with Gasteiger partial charge >= 0.3 is 5.97 Å². The minimum atomic E-state index is -1.16. The number of carbonyl (C=O) groups is 1. The molecule has 146 valence electrons. The number of aromatic nitrogens is 1. The summed E-state index contributed by atoms with van der Waals surface area (Å²) in [5.41, 5.74) is 2.31. The van der Waals surface area contributed by atoms with E-state index in [2.05, 4.69) is 4.98 Å². The normalized spacial score (nSPS) is 12.1. The lowest BCUT2D eigenvalue weighted by Crippen LogP contribution is -2.13. The van der Waals surface area contributed by atoms with Gasteiger partial charge in [0.2, 0.25) is 5.88 Å². The van der Waals surface area contributed by atoms with Crippen LogP contribution in [-0.2, 0) is 4.79 Å². The van der Waals surface area contributed by atoms with Gasteiger partial charge < -0.3 is 20.1 Å². The zero-order valence-electron chi connectivity index (χ0n) is 15.4. The van der Waals surface area contributed by atoms with Crippen molar-refractivity contribution >= 4 is 16.7 Å². The molecule has 2 aromatic carbocycles. The number of halogens is 1. The molecule has 0 amide bonds. The molecule has 1 aromatic heterocycles. The first kappa shape index (κ1) is 19.6. The van der Waals surface area contributed by atoms with Gasteiger partial charge in [0.25, 0.3) is 0 Å². The molecule has 0 radical (unpaired) electrons. The molecule has 0 saturated carbocycles. The summed E-state index contributed by atoms with van der Waals surface area (Å²) in [4.78, 5) is 15.4. The Morgan fingerprint density at radius 1 is 1.21 bits per heavy atom. The zero-order chi connectivity index (χ0) is 20.4. The number of aryl methyl sites for hydroxylation is 1. The Bertz CT molecular complexity index is 1050. The molecule has 3 N–H and O–H groups in total. The van der Waals surface area contributed by atoms with Crippen LogP contribution in [0.4, 0.5) is 4.39 Å². The maximum absolute atomic E-state index is 13.8. The van der Waals surface area contributed by atoms with Gasteiger partial charge in [-0.15, -0.1) is 0 Å². The summed E-state index contributed by atoms with van der Waals surface area (Å²) in [6, 6.07) is 9.27. The molecule has 28 heavy (non-hydrogen) atoms. The van der Waals surface area contributed by atoms with E-state index in [4.69, 9.17) is 9.84 Å². The third-order valence-electron chi connectivity index (χ3n) is 4.50. The lowest BCUT2D eigenvalue weighted by molar-refractivity contribution is -0.139. The van der Waals surface area contributed by atoms with E-state index in [0.29, 0.717) is 33.2 Å². The molecule has 6 nitrogen and oxygen atoms in total. The molecule has 0 aliphatic rings. The number of hydrogen-bond acceptors (Lipinski definition) is 5. The van der Waals surface area contributed by atoms with Gasteiger partial charge in [0.15, 0.2) is 6.61 Å². The number of nitrogens with zero attached hydrogens (tertiary/aromatic N) is 1. The first-order chi connectivity index (χ1) is 13.3. The monoisotopic (exact) mass is 385 g/mol. The number of ether oxygens (including phenoxy) is 1. The van der Waals surface area contributed by atoms with Crippen LogP contribution in [0, 0.1) is 12.7 Å². The number of rotatable bonds is 6. The maximum Gasteiger partial charge on any atom is 0.341 e. The number of carboxylic acid groups (broad SMARTS) is 1. The highest BCUT2D eigenvalue weighted by Gasteiger charge is 2.21. The van der Waals surface area contributed by atoms with Crippen LogP contribution >= 0.6 is 0 Å². The second kappa shape index (κ2) is 7.82. The van der Waals surface area contributed by atoms with E-state index in [1.165, 1.54) is 18.2 Å². The largest absolute Gasteiger partial charge is 0.508 e. The van der Waals surface area contributed by atoms with E-state index in [0.717, 1.165) is 0 Å². The Morgan fingerprint density at radius 3 is 2.61 bits per heavy atom. The highest BCUT2D eigenvalue weighted by Crippen LogP contribution is 2.40. The number of pyridine rings is 1. The smallest absolute Gasteiger partial charge is 0.341 e. The molecule has 1 atom stereocenters. The fourth-order valence-corrected chi connectivity index (χ4v) is 3.08. The summed E-state index contributed by atoms with van der Waals surface area (Å²) in [5.74, 6) is -1.86. The molecule has 0 aliphatic carbocycles. The van der Waals surface area contributed by atoms with E-state index in [-0.39, 0.29) is 30.0 Å². The fourth-order valence-electron chi connectivity index (χ4n) is 3.08. The summed E-state index contributed by atoms with van der Waals surface area (Å²) in [6.45, 7) is 2.64. The van der Waals surface area contributed by atoms with Gasteiger partial charge in [0.05, 0.1) is 12.3 Å². The summed E-state index contributed by atoms with van der Waals surface area (Å²) in [7, 11) is 0. The number of phenols is 1. The minimum absolute atomic E-state index is 0.0290. The van der Waals surface area contributed by atoms with Crippen LogP contribution < -0.4 is 4.74 Å². The third kappa shape index (κ3) is 3.75. The number of aliphatic carboxylic acids is 1. The first-order valence-electron chi connectivity index (χ1n) is 8.70. The van der Waals surface area contributed by atoms with Gasteiger partial charge in [0.1, 0.15) is 11.6 Å². The van der Waals surface area contributed by atoms with Crippen molar-refractivity contribution < 1.29 is 29.2 Å². The lowest BCUT2D eigenvalue weighted by atomic mass is 9.91. The maximum atomic E-state index is 13.8. The standard InChI is InChI=1S/C21H20FNO5/c1-11-7-13(3-6-17(11)22)19-15-5-4-14(25)8-16(15)21(28-10-18(26)27)23-20(19)12(2)9-24/h3-8,12,24-25H,9-10H2,1-2H3,(H,26,27). The van der Waals surface area contributed by atoms with Crippen molar-refractivity contribution in [1.82, 2.24) is 4.98 Å². The number of hydrogen-bond donors (Lipinski definition) is 3. The molecule has 0 saturated heterocycles. The second-order valence-electron chi connectivity index (χ2n) is 6.64. The molecular weight excluding hydrogens is 365 g/mol. The van der Waals surface area contributed by atoms with Crippen molar-refractivity contribution in [2.45, 2.75) is 19.8 Å². The Morgan fingerprint density at radius 2 is 1.96 bits per heavy atom. The van der Waals surface area contributed by atoms with Crippen molar-refractivity contribution in [2.24, 2.45) is 0 Å². The van der Waals surface area contributed by atoms with Gasteiger partial charge in [-0.1, -0.05) is 13.0 Å². The molecule has 0 spiro atoms. The van der Waals surface area contributed by atoms with Crippen LogP contribution in [0.1, 0.15) is 24.1 Å². The van der Waals surface area contributed by atoms with E-state index in [1.807, 2.05) is 0 Å². The fraction of sp³-hybridized carbons (Fsp3) is 0.238. The summed E-state index contributed by atoms with van der Waals surface area (Å²) >= 11 is 0. The van der Waals surface area contributed by atoms with Gasteiger partial charge in [-0.25, -0.2) is 14.2 Å². The van der Waals surface area contributed by atoms with Crippen LogP contribution in [-0.4, -0.2) is 39.5 Å². The number of aliphatic hydroxyl groups excluding tert-OH is 1. The van der Waals surface area contributed by atoms with Gasteiger partial charge in [-0.2, -0.15) is 0 Å². The summed E-state index contributed by atoms with van der Waals surface area (Å²) < 4.78 is 19.1. The lowest BCUT2D eigenvalue weighted by Gasteiger charge is -2.19. The van der Waals surface area contributed by atoms with Crippen molar-refractivity contribution in [3.8, 4) is 22.8 Å². The number of fused-ring (bicyclic) bond motifs is 1. The molecule has 7 heteroatoms. The highest BCUT2D eigenvalue weighted by molar-refractivity contribution is 6.01. The second-order valence-corrected chi connectivity index (χ2v) is 6.64. The van der Waals surface area contributed by atoms with Crippen molar-refractivity contribution in [3.63, 3.8) is 0 Å². The molecule has 0 bridgehead atoms. The van der Waals surface area contributed by atoms with Gasteiger partial charge in [-0.05, 0) is 53.8 Å². The average Bonchev–Trinajstić information content (AvgIpc) is 2.67. The molecule has 0 fully saturated rings. The van der Waals surface area contributed by atoms with Crippen molar-refractivity contribution in [1.29, 1.82) is 0 Å². The Balaban J connectivity index is 2.35. The Labute approximate surface area is 160 Å². The van der Waals surface area contributed by atoms with E-state index in [1.54, 1.807) is 32.0 Å². The summed E-state index contributed by atoms with van der Waals surface area (Å²) in [6.07, 6.45) is 0. The third-order valence-corrected chi connectivity index (χ3v) is 4.50. The molecule has 3 aromatic rings. The predicted molar refractivity (Wildman–Crippen MR) is 102 cm³/mol. The van der Waals surface area contributed by atoms with Crippen LogP contribution in [0.15, 0.2) is 36.4 Å². The van der Waals surface area contributed by atoms with Crippen LogP contribution in [0.25, 0.3) is 21.9 Å². The SMILES string of the molecule is Cc1cc(-c2c(C(C)CO)nc(OCC(=O)O)c3cc(O)ccc23)ccc1F. The first-order valence-corrected chi connectivity index (χ1v) is 8.70. The van der Waals surface area contributed by atoms with Crippen LogP contribution in [0.3, 0.4) is 0 Å². The van der Waals surface area contributed by atoms with Crippen molar-refractivity contribution in [2.75, 3.05) is 13.2 Å². The van der Waals surface area contributed by atoms with Gasteiger partial charge in [-0.3, -0.25) is 0 Å². The number of phenolic OH excluding ortho intramolecular Hbond substituents is 1. The molecule has 1 heterocycles. The number of aliphatic hydroxyl groups is 1. The zero-order valence-corrected chi connectivity index (χ0v) is 15.4. The van der Waals surface area contributed by atoms with Gasteiger partial charge in [0, 0.05) is 16.9 Å².